The van der Waals surface area contributed by atoms with Crippen LogP contribution in [-0.4, -0.2) is 9.55 Å². The summed E-state index contributed by atoms with van der Waals surface area (Å²) in [7, 11) is 0. The molecule has 3 nitrogen and oxygen atoms in total. The van der Waals surface area contributed by atoms with Crippen LogP contribution in [0.25, 0.3) is 20.3 Å². The maximum Gasteiger partial charge on any atom is 0.262 e. The van der Waals surface area contributed by atoms with Crippen molar-refractivity contribution in [1.82, 2.24) is 9.55 Å². The summed E-state index contributed by atoms with van der Waals surface area (Å²) in [6.07, 6.45) is 4.35. The van der Waals surface area contributed by atoms with E-state index in [1.807, 2.05) is 22.8 Å². The molecule has 4 rings (SSSR count). The molecule has 19 heavy (non-hydrogen) atoms. The van der Waals surface area contributed by atoms with Gasteiger partial charge >= 0.3 is 0 Å². The zero-order chi connectivity index (χ0) is 12.8. The van der Waals surface area contributed by atoms with Gasteiger partial charge in [0.25, 0.3) is 5.56 Å². The minimum absolute atomic E-state index is 0.152. The van der Waals surface area contributed by atoms with Crippen molar-refractivity contribution in [2.24, 2.45) is 0 Å². The molecule has 3 heterocycles. The van der Waals surface area contributed by atoms with E-state index in [9.17, 15) is 4.79 Å². The second kappa shape index (κ2) is 4.17. The summed E-state index contributed by atoms with van der Waals surface area (Å²) >= 11 is 1.63. The van der Waals surface area contributed by atoms with Crippen molar-refractivity contribution in [1.29, 1.82) is 0 Å². The molecule has 0 bridgehead atoms. The third-order valence-electron chi connectivity index (χ3n) is 3.86. The minimum Gasteiger partial charge on any atom is -0.296 e. The molecule has 1 aliphatic heterocycles. The van der Waals surface area contributed by atoms with Gasteiger partial charge in [-0.2, -0.15) is 0 Å². The van der Waals surface area contributed by atoms with Gasteiger partial charge in [0.05, 0.1) is 5.39 Å². The van der Waals surface area contributed by atoms with E-state index in [0.717, 1.165) is 51.9 Å². The minimum atomic E-state index is 0.152. The molecule has 0 saturated carbocycles. The van der Waals surface area contributed by atoms with Crippen LogP contribution in [0.3, 0.4) is 0 Å². The van der Waals surface area contributed by atoms with Gasteiger partial charge in [-0.1, -0.05) is 24.6 Å². The predicted molar refractivity (Wildman–Crippen MR) is 78.9 cm³/mol. The van der Waals surface area contributed by atoms with Crippen molar-refractivity contribution in [2.75, 3.05) is 0 Å². The summed E-state index contributed by atoms with van der Waals surface area (Å²) in [5.74, 6) is 0.974. The summed E-state index contributed by atoms with van der Waals surface area (Å²) in [5, 5.41) is 1.87. The molecule has 2 aromatic heterocycles. The van der Waals surface area contributed by atoms with Crippen LogP contribution in [0.15, 0.2) is 29.1 Å². The monoisotopic (exact) mass is 270 g/mol. The highest BCUT2D eigenvalue weighted by Gasteiger charge is 2.16. The van der Waals surface area contributed by atoms with Crippen LogP contribution in [0, 0.1) is 0 Å². The van der Waals surface area contributed by atoms with Crippen molar-refractivity contribution in [3.8, 4) is 0 Å². The van der Waals surface area contributed by atoms with Crippen molar-refractivity contribution in [3.05, 3.63) is 40.4 Å². The van der Waals surface area contributed by atoms with E-state index in [1.54, 1.807) is 11.3 Å². The molecule has 0 spiro atoms. The average molecular weight is 270 g/mol. The van der Waals surface area contributed by atoms with Crippen molar-refractivity contribution in [2.45, 2.75) is 32.2 Å². The van der Waals surface area contributed by atoms with Crippen LogP contribution < -0.4 is 5.56 Å². The number of rotatable bonds is 0. The number of aryl methyl sites for hydroxylation is 1. The van der Waals surface area contributed by atoms with Crippen LogP contribution in [-0.2, 0) is 13.0 Å². The highest BCUT2D eigenvalue weighted by molar-refractivity contribution is 7.25. The summed E-state index contributed by atoms with van der Waals surface area (Å²) in [6.45, 7) is 0.821. The SMILES string of the molecule is O=c1c2c(nc3n1CCCCC3)sc1ccccc12. The van der Waals surface area contributed by atoms with E-state index in [4.69, 9.17) is 4.98 Å². The van der Waals surface area contributed by atoms with Gasteiger partial charge in [0, 0.05) is 23.1 Å². The number of hydrogen-bond acceptors (Lipinski definition) is 3. The first kappa shape index (κ1) is 11.2. The number of thiophene rings is 1. The Morgan fingerprint density at radius 3 is 3.00 bits per heavy atom. The largest absolute Gasteiger partial charge is 0.296 e. The number of aromatic nitrogens is 2. The Labute approximate surface area is 114 Å². The normalized spacial score (nSPS) is 15.6. The molecule has 0 fully saturated rings. The molecule has 4 heteroatoms. The maximum absolute atomic E-state index is 12.7. The third-order valence-corrected chi connectivity index (χ3v) is 4.92. The van der Waals surface area contributed by atoms with Crippen LogP contribution >= 0.6 is 11.3 Å². The Hall–Kier alpha value is -1.68. The lowest BCUT2D eigenvalue weighted by Gasteiger charge is -2.07. The van der Waals surface area contributed by atoms with E-state index in [1.165, 1.54) is 6.42 Å². The molecule has 0 radical (unpaired) electrons. The van der Waals surface area contributed by atoms with Crippen molar-refractivity contribution < 1.29 is 0 Å². The molecule has 96 valence electrons. The first-order valence-electron chi connectivity index (χ1n) is 6.75. The summed E-state index contributed by atoms with van der Waals surface area (Å²) in [6, 6.07) is 8.10. The fourth-order valence-corrected chi connectivity index (χ4v) is 3.98. The summed E-state index contributed by atoms with van der Waals surface area (Å²) < 4.78 is 3.05. The second-order valence-corrected chi connectivity index (χ2v) is 6.10. The van der Waals surface area contributed by atoms with Gasteiger partial charge in [0.15, 0.2) is 0 Å². The average Bonchev–Trinajstić information content (AvgIpc) is 2.62. The maximum atomic E-state index is 12.7. The summed E-state index contributed by atoms with van der Waals surface area (Å²) in [5.41, 5.74) is 0.152. The second-order valence-electron chi connectivity index (χ2n) is 5.07. The number of nitrogens with zero attached hydrogens (tertiary/aromatic N) is 2. The van der Waals surface area contributed by atoms with Crippen LogP contribution in [0.2, 0.25) is 0 Å². The van der Waals surface area contributed by atoms with E-state index < -0.39 is 0 Å². The Balaban J connectivity index is 2.15. The molecule has 0 N–H and O–H groups in total. The zero-order valence-corrected chi connectivity index (χ0v) is 11.4. The highest BCUT2D eigenvalue weighted by Crippen LogP contribution is 2.30. The van der Waals surface area contributed by atoms with Crippen molar-refractivity contribution in [3.63, 3.8) is 0 Å². The van der Waals surface area contributed by atoms with E-state index >= 15 is 0 Å². The molecule has 0 aliphatic carbocycles. The van der Waals surface area contributed by atoms with Gasteiger partial charge in [-0.25, -0.2) is 4.98 Å². The molecule has 0 saturated heterocycles. The molecule has 3 aromatic rings. The lowest BCUT2D eigenvalue weighted by molar-refractivity contribution is 0.614. The van der Waals surface area contributed by atoms with Crippen LogP contribution in [0.5, 0.6) is 0 Å². The van der Waals surface area contributed by atoms with Crippen LogP contribution in [0.4, 0.5) is 0 Å². The van der Waals surface area contributed by atoms with Gasteiger partial charge < -0.3 is 0 Å². The number of benzene rings is 1. The highest BCUT2D eigenvalue weighted by atomic mass is 32.1. The van der Waals surface area contributed by atoms with Gasteiger partial charge in [-0.15, -0.1) is 11.3 Å². The van der Waals surface area contributed by atoms with Crippen molar-refractivity contribution >= 4 is 31.6 Å². The lowest BCUT2D eigenvalue weighted by atomic mass is 10.2. The Morgan fingerprint density at radius 1 is 1.16 bits per heavy atom. The third kappa shape index (κ3) is 1.63. The predicted octanol–water partition coefficient (Wildman–Crippen LogP) is 3.34. The van der Waals surface area contributed by atoms with Gasteiger partial charge in [-0.05, 0) is 18.9 Å². The lowest BCUT2D eigenvalue weighted by Crippen LogP contribution is -2.23. The fourth-order valence-electron chi connectivity index (χ4n) is 2.90. The zero-order valence-electron chi connectivity index (χ0n) is 10.6. The topological polar surface area (TPSA) is 34.9 Å². The van der Waals surface area contributed by atoms with Gasteiger partial charge in [0.1, 0.15) is 10.7 Å². The smallest absolute Gasteiger partial charge is 0.262 e. The Morgan fingerprint density at radius 2 is 2.05 bits per heavy atom. The van der Waals surface area contributed by atoms with E-state index in [-0.39, 0.29) is 5.56 Å². The number of fused-ring (bicyclic) bond motifs is 4. The van der Waals surface area contributed by atoms with Gasteiger partial charge in [-0.3, -0.25) is 9.36 Å². The molecular weight excluding hydrogens is 256 g/mol. The molecule has 0 unspecified atom stereocenters. The molecule has 0 atom stereocenters. The first-order chi connectivity index (χ1) is 9.34. The Kier molecular flexibility index (Phi) is 2.45. The van der Waals surface area contributed by atoms with Gasteiger partial charge in [0.2, 0.25) is 0 Å². The van der Waals surface area contributed by atoms with Crippen LogP contribution in [0.1, 0.15) is 25.1 Å². The summed E-state index contributed by atoms with van der Waals surface area (Å²) in [4.78, 5) is 18.4. The molecule has 0 amide bonds. The van der Waals surface area contributed by atoms with E-state index in [2.05, 4.69) is 6.07 Å². The quantitative estimate of drug-likeness (QED) is 0.628. The standard InChI is InChI=1S/C15H14N2OS/c18-15-13-10-6-3-4-7-11(10)19-14(13)16-12-8-2-1-5-9-17(12)15/h3-4,6-7H,1-2,5,8-9H2. The van der Waals surface area contributed by atoms with E-state index in [0.29, 0.717) is 0 Å². The fraction of sp³-hybridized carbons (Fsp3) is 0.333. The number of hydrogen-bond donors (Lipinski definition) is 0. The molecule has 1 aromatic carbocycles. The molecular formula is C15H14N2OS. The Bertz CT molecular complexity index is 831. The first-order valence-corrected chi connectivity index (χ1v) is 7.57. The molecule has 1 aliphatic rings.